The van der Waals surface area contributed by atoms with Gasteiger partial charge in [0, 0.05) is 40.0 Å². The highest BCUT2D eigenvalue weighted by atomic mass is 79.9. The number of halogens is 1. The van der Waals surface area contributed by atoms with Gasteiger partial charge < -0.3 is 19.5 Å². The molecule has 0 spiro atoms. The van der Waals surface area contributed by atoms with Crippen molar-refractivity contribution in [1.82, 2.24) is 14.9 Å². The Balaban J connectivity index is 1.66. The summed E-state index contributed by atoms with van der Waals surface area (Å²) >= 11 is 9.36. The molecule has 0 bridgehead atoms. The number of nitrogens with zero attached hydrogens (tertiary/aromatic N) is 3. The van der Waals surface area contributed by atoms with Crippen LogP contribution in [0.25, 0.3) is 5.69 Å². The number of anilines is 1. The molecule has 5 nitrogen and oxygen atoms in total. The Morgan fingerprint density at radius 3 is 2.56 bits per heavy atom. The number of benzene rings is 2. The minimum atomic E-state index is -0.105. The lowest BCUT2D eigenvalue weighted by atomic mass is 10.0. The van der Waals surface area contributed by atoms with Gasteiger partial charge in [0.1, 0.15) is 11.8 Å². The summed E-state index contributed by atoms with van der Waals surface area (Å²) in [5.74, 6) is 0.813. The smallest absolute Gasteiger partial charge is 0.174 e. The summed E-state index contributed by atoms with van der Waals surface area (Å²) in [5, 5.41) is 4.19. The first-order valence-corrected chi connectivity index (χ1v) is 11.4. The molecule has 32 heavy (non-hydrogen) atoms. The molecule has 2 atom stereocenters. The van der Waals surface area contributed by atoms with Gasteiger partial charge in [0.05, 0.1) is 18.8 Å². The van der Waals surface area contributed by atoms with Crippen LogP contribution in [-0.2, 0) is 0 Å². The molecule has 1 saturated heterocycles. The number of hydrogen-bond acceptors (Lipinski definition) is 3. The minimum absolute atomic E-state index is 0.0974. The summed E-state index contributed by atoms with van der Waals surface area (Å²) in [7, 11) is 1.68. The van der Waals surface area contributed by atoms with Crippen LogP contribution in [0.4, 0.5) is 5.69 Å². The van der Waals surface area contributed by atoms with E-state index in [9.17, 15) is 0 Å². The minimum Gasteiger partial charge on any atom is -0.497 e. The fourth-order valence-corrected chi connectivity index (χ4v) is 4.78. The molecule has 5 rings (SSSR count). The average molecular weight is 505 g/mol. The highest BCUT2D eigenvalue weighted by Crippen LogP contribution is 2.42. The molecule has 0 unspecified atom stereocenters. The second-order valence-corrected chi connectivity index (χ2v) is 8.78. The summed E-state index contributed by atoms with van der Waals surface area (Å²) in [5.41, 5.74) is 4.09. The van der Waals surface area contributed by atoms with Gasteiger partial charge in [-0.05, 0) is 72.9 Å². The summed E-state index contributed by atoms with van der Waals surface area (Å²) in [6.45, 7) is 0. The number of methoxy groups -OCH3 is 1. The number of hydrogen-bond donors (Lipinski definition) is 1. The molecule has 0 amide bonds. The number of rotatable bonds is 5. The van der Waals surface area contributed by atoms with Crippen LogP contribution < -0.4 is 15.0 Å². The molecule has 1 aliphatic rings. The summed E-state index contributed by atoms with van der Waals surface area (Å²) in [4.78, 5) is 6.82. The van der Waals surface area contributed by atoms with Crippen molar-refractivity contribution in [3.63, 3.8) is 0 Å². The van der Waals surface area contributed by atoms with Crippen LogP contribution in [-0.4, -0.2) is 21.8 Å². The van der Waals surface area contributed by atoms with Gasteiger partial charge in [-0.15, -0.1) is 0 Å². The van der Waals surface area contributed by atoms with Crippen LogP contribution in [0.2, 0.25) is 0 Å². The highest BCUT2D eigenvalue weighted by Gasteiger charge is 2.42. The van der Waals surface area contributed by atoms with Gasteiger partial charge in [-0.25, -0.2) is 0 Å². The van der Waals surface area contributed by atoms with Crippen LogP contribution in [0, 0.1) is 0 Å². The van der Waals surface area contributed by atoms with E-state index >= 15 is 0 Å². The number of ether oxygens (including phenoxy) is 1. The van der Waals surface area contributed by atoms with Gasteiger partial charge in [-0.3, -0.25) is 4.98 Å². The van der Waals surface area contributed by atoms with Crippen LogP contribution in [0.3, 0.4) is 0 Å². The molecule has 7 heteroatoms. The topological polar surface area (TPSA) is 42.3 Å². The molecule has 3 heterocycles. The van der Waals surface area contributed by atoms with E-state index in [0.717, 1.165) is 33.0 Å². The van der Waals surface area contributed by atoms with E-state index in [-0.39, 0.29) is 12.1 Å². The zero-order valence-corrected chi connectivity index (χ0v) is 19.8. The van der Waals surface area contributed by atoms with E-state index in [1.165, 1.54) is 0 Å². The standard InChI is InChI=1S/C25H21BrN4OS/c1-31-20-7-4-6-19(16-20)29-15-5-9-22(29)24-23(21-8-2-3-14-27-21)28-25(32)30(24)18-12-10-17(26)11-13-18/h2-16,23-24H,1H3,(H,28,32)/t23-,24+/m1/s1. The molecule has 0 aliphatic carbocycles. The molecule has 4 aromatic rings. The van der Waals surface area contributed by atoms with Crippen molar-refractivity contribution in [3.8, 4) is 11.4 Å². The lowest BCUT2D eigenvalue weighted by molar-refractivity contribution is 0.414. The third kappa shape index (κ3) is 3.78. The largest absolute Gasteiger partial charge is 0.497 e. The summed E-state index contributed by atoms with van der Waals surface area (Å²) < 4.78 is 8.67. The maximum atomic E-state index is 5.83. The van der Waals surface area contributed by atoms with Crippen molar-refractivity contribution in [1.29, 1.82) is 0 Å². The molecule has 2 aromatic carbocycles. The van der Waals surface area contributed by atoms with Crippen molar-refractivity contribution in [2.45, 2.75) is 12.1 Å². The zero-order chi connectivity index (χ0) is 22.1. The van der Waals surface area contributed by atoms with Gasteiger partial charge in [-0.2, -0.15) is 0 Å². The first-order chi connectivity index (χ1) is 15.7. The molecule has 2 aromatic heterocycles. The molecular weight excluding hydrogens is 484 g/mol. The second kappa shape index (κ2) is 8.76. The Labute approximate surface area is 200 Å². The summed E-state index contributed by atoms with van der Waals surface area (Å²) in [6, 6.07) is 26.2. The number of pyridine rings is 1. The monoisotopic (exact) mass is 504 g/mol. The van der Waals surface area contributed by atoms with Gasteiger partial charge >= 0.3 is 0 Å². The van der Waals surface area contributed by atoms with Crippen LogP contribution in [0.5, 0.6) is 5.75 Å². The molecule has 160 valence electrons. The van der Waals surface area contributed by atoms with Crippen molar-refractivity contribution in [2.24, 2.45) is 0 Å². The van der Waals surface area contributed by atoms with Crippen LogP contribution in [0.15, 0.2) is 95.7 Å². The second-order valence-electron chi connectivity index (χ2n) is 7.48. The third-order valence-corrected chi connectivity index (χ3v) is 6.46. The fourth-order valence-electron chi connectivity index (χ4n) is 4.17. The van der Waals surface area contributed by atoms with Gasteiger partial charge in [-0.1, -0.05) is 28.1 Å². The van der Waals surface area contributed by atoms with Gasteiger partial charge in [0.25, 0.3) is 0 Å². The van der Waals surface area contributed by atoms with E-state index < -0.39 is 0 Å². The van der Waals surface area contributed by atoms with Crippen molar-refractivity contribution >= 4 is 38.9 Å². The SMILES string of the molecule is COc1cccc(-n2cccc2[C@H]2[C@@H](c3ccccn3)NC(=S)N2c2ccc(Br)cc2)c1. The fraction of sp³-hybridized carbons (Fsp3) is 0.120. The molecule has 1 aliphatic heterocycles. The van der Waals surface area contributed by atoms with Crippen LogP contribution in [0.1, 0.15) is 23.5 Å². The Morgan fingerprint density at radius 2 is 1.81 bits per heavy atom. The molecule has 1 fully saturated rings. The molecular formula is C25H21BrN4OS. The lowest BCUT2D eigenvalue weighted by Crippen LogP contribution is -2.30. The zero-order valence-electron chi connectivity index (χ0n) is 17.4. The maximum Gasteiger partial charge on any atom is 0.174 e. The van der Waals surface area contributed by atoms with E-state index in [1.807, 2.05) is 54.7 Å². The highest BCUT2D eigenvalue weighted by molar-refractivity contribution is 9.10. The molecule has 1 N–H and O–H groups in total. The van der Waals surface area contributed by atoms with Crippen LogP contribution >= 0.6 is 28.1 Å². The molecule has 0 saturated carbocycles. The average Bonchev–Trinajstić information content (AvgIpc) is 3.44. The molecule has 0 radical (unpaired) electrons. The lowest BCUT2D eigenvalue weighted by Gasteiger charge is -2.29. The predicted octanol–water partition coefficient (Wildman–Crippen LogP) is 5.82. The third-order valence-electron chi connectivity index (χ3n) is 5.62. The van der Waals surface area contributed by atoms with Gasteiger partial charge in [0.15, 0.2) is 5.11 Å². The normalized spacial score (nSPS) is 17.9. The van der Waals surface area contributed by atoms with Crippen molar-refractivity contribution in [3.05, 3.63) is 107 Å². The van der Waals surface area contributed by atoms with E-state index in [1.54, 1.807) is 7.11 Å². The maximum absolute atomic E-state index is 5.83. The first kappa shape index (κ1) is 20.7. The number of thiocarbonyl (C=S) groups is 1. The summed E-state index contributed by atoms with van der Waals surface area (Å²) in [6.07, 6.45) is 3.89. The van der Waals surface area contributed by atoms with Crippen molar-refractivity contribution in [2.75, 3.05) is 12.0 Å². The number of aromatic nitrogens is 2. The Bertz CT molecular complexity index is 1240. The number of nitrogens with one attached hydrogen (secondary N) is 1. The van der Waals surface area contributed by atoms with Gasteiger partial charge in [0.2, 0.25) is 0 Å². The van der Waals surface area contributed by atoms with E-state index in [4.69, 9.17) is 17.0 Å². The Hall–Kier alpha value is -3.16. The Kier molecular flexibility index (Phi) is 5.68. The predicted molar refractivity (Wildman–Crippen MR) is 134 cm³/mol. The quantitative estimate of drug-likeness (QED) is 0.346. The van der Waals surface area contributed by atoms with E-state index in [0.29, 0.717) is 5.11 Å². The van der Waals surface area contributed by atoms with Crippen molar-refractivity contribution < 1.29 is 4.74 Å². The Morgan fingerprint density at radius 1 is 0.969 bits per heavy atom. The van der Waals surface area contributed by atoms with E-state index in [2.05, 4.69) is 72.2 Å². The first-order valence-electron chi connectivity index (χ1n) is 10.2.